The molecule has 24 heavy (non-hydrogen) atoms. The van der Waals surface area contributed by atoms with Crippen molar-refractivity contribution in [3.05, 3.63) is 11.1 Å². The molecule has 0 atom stereocenters. The molecule has 0 unspecified atom stereocenters. The summed E-state index contributed by atoms with van der Waals surface area (Å²) >= 11 is 1.05. The second kappa shape index (κ2) is 10.4. The third-order valence-electron chi connectivity index (χ3n) is 2.65. The van der Waals surface area contributed by atoms with Gasteiger partial charge >= 0.3 is 18.0 Å². The predicted octanol–water partition coefficient (Wildman–Crippen LogP) is 1.87. The highest BCUT2D eigenvalue weighted by atomic mass is 32.1. The quantitative estimate of drug-likeness (QED) is 0.509. The van der Waals surface area contributed by atoms with Crippen LogP contribution in [0, 0.1) is 0 Å². The standard InChI is InChI=1S/C14H23N5O4S/c1-4-7-15-12(21)18-19(13(22)16-8-5-2)14-17-10(9-24-14)11(20)23-6-3/h9H,4-8H2,1-3H3,(H,16,22)(H2,15,18,21). The van der Waals surface area contributed by atoms with Crippen LogP contribution >= 0.6 is 11.3 Å². The van der Waals surface area contributed by atoms with E-state index in [0.717, 1.165) is 29.2 Å². The molecule has 0 radical (unpaired) electrons. The zero-order chi connectivity index (χ0) is 17.9. The minimum Gasteiger partial charge on any atom is -0.461 e. The van der Waals surface area contributed by atoms with E-state index in [1.54, 1.807) is 6.92 Å². The Labute approximate surface area is 144 Å². The van der Waals surface area contributed by atoms with Gasteiger partial charge < -0.3 is 15.4 Å². The summed E-state index contributed by atoms with van der Waals surface area (Å²) in [6.45, 7) is 6.66. The van der Waals surface area contributed by atoms with E-state index >= 15 is 0 Å². The van der Waals surface area contributed by atoms with Gasteiger partial charge in [-0.2, -0.15) is 5.01 Å². The van der Waals surface area contributed by atoms with Crippen molar-refractivity contribution in [2.75, 3.05) is 24.7 Å². The number of thiazole rings is 1. The van der Waals surface area contributed by atoms with Crippen molar-refractivity contribution in [1.82, 2.24) is 21.0 Å². The lowest BCUT2D eigenvalue weighted by Crippen LogP contribution is -2.54. The van der Waals surface area contributed by atoms with Crippen LogP contribution in [-0.4, -0.2) is 42.7 Å². The van der Waals surface area contributed by atoms with Gasteiger partial charge in [0.25, 0.3) is 0 Å². The summed E-state index contributed by atoms with van der Waals surface area (Å²) in [5.74, 6) is -0.579. The van der Waals surface area contributed by atoms with E-state index in [2.05, 4.69) is 21.0 Å². The van der Waals surface area contributed by atoms with E-state index in [-0.39, 0.29) is 17.4 Å². The van der Waals surface area contributed by atoms with Crippen LogP contribution in [0.1, 0.15) is 44.1 Å². The summed E-state index contributed by atoms with van der Waals surface area (Å²) in [6, 6.07) is -1.07. The first kappa shape index (κ1) is 19.7. The highest BCUT2D eigenvalue weighted by molar-refractivity contribution is 7.14. The number of ether oxygens (including phenoxy) is 1. The van der Waals surface area contributed by atoms with Crippen LogP contribution in [0.5, 0.6) is 0 Å². The summed E-state index contributed by atoms with van der Waals surface area (Å²) in [5.41, 5.74) is 2.51. The Morgan fingerprint density at radius 3 is 2.46 bits per heavy atom. The summed E-state index contributed by atoms with van der Waals surface area (Å²) < 4.78 is 4.87. The van der Waals surface area contributed by atoms with Gasteiger partial charge in [-0.15, -0.1) is 11.3 Å². The Morgan fingerprint density at radius 1 is 1.17 bits per heavy atom. The highest BCUT2D eigenvalue weighted by Crippen LogP contribution is 2.20. The first-order valence-corrected chi connectivity index (χ1v) is 8.66. The lowest BCUT2D eigenvalue weighted by molar-refractivity contribution is 0.0520. The van der Waals surface area contributed by atoms with Gasteiger partial charge in [0.15, 0.2) is 5.69 Å². The topological polar surface area (TPSA) is 113 Å². The number of rotatable bonds is 7. The minimum atomic E-state index is -0.579. The van der Waals surface area contributed by atoms with Crippen LogP contribution in [0.2, 0.25) is 0 Å². The molecule has 9 nitrogen and oxygen atoms in total. The molecule has 1 aromatic rings. The molecule has 134 valence electrons. The monoisotopic (exact) mass is 357 g/mol. The van der Waals surface area contributed by atoms with Gasteiger partial charge in [0.2, 0.25) is 5.13 Å². The molecular formula is C14H23N5O4S. The number of nitrogens with zero attached hydrogens (tertiary/aromatic N) is 2. The molecule has 1 rings (SSSR count). The second-order valence-electron chi connectivity index (χ2n) is 4.67. The van der Waals surface area contributed by atoms with Crippen molar-refractivity contribution >= 4 is 34.5 Å². The zero-order valence-corrected chi connectivity index (χ0v) is 14.9. The maximum Gasteiger partial charge on any atom is 0.357 e. The molecule has 0 aliphatic heterocycles. The summed E-state index contributed by atoms with van der Waals surface area (Å²) in [5, 5.41) is 7.87. The van der Waals surface area contributed by atoms with Crippen LogP contribution in [0.3, 0.4) is 0 Å². The molecular weight excluding hydrogens is 334 g/mol. The Hall–Kier alpha value is -2.36. The fraction of sp³-hybridized carbons (Fsp3) is 0.571. The number of nitrogens with one attached hydrogen (secondary N) is 3. The molecule has 0 spiro atoms. The van der Waals surface area contributed by atoms with Crippen molar-refractivity contribution in [3.8, 4) is 0 Å². The first-order valence-electron chi connectivity index (χ1n) is 7.78. The third-order valence-corrected chi connectivity index (χ3v) is 3.47. The number of aromatic nitrogens is 1. The van der Waals surface area contributed by atoms with E-state index < -0.39 is 18.0 Å². The number of hydrazine groups is 1. The van der Waals surface area contributed by atoms with Crippen LogP contribution < -0.4 is 21.1 Å². The Morgan fingerprint density at radius 2 is 1.83 bits per heavy atom. The number of urea groups is 2. The van der Waals surface area contributed by atoms with E-state index in [1.807, 2.05) is 13.8 Å². The number of carbonyl (C=O) groups is 3. The van der Waals surface area contributed by atoms with Crippen molar-refractivity contribution < 1.29 is 19.1 Å². The fourth-order valence-electron chi connectivity index (χ4n) is 1.54. The van der Waals surface area contributed by atoms with Crippen molar-refractivity contribution in [1.29, 1.82) is 0 Å². The van der Waals surface area contributed by atoms with Gasteiger partial charge in [0.05, 0.1) is 6.61 Å². The molecule has 10 heteroatoms. The van der Waals surface area contributed by atoms with Crippen molar-refractivity contribution in [2.24, 2.45) is 0 Å². The van der Waals surface area contributed by atoms with Crippen molar-refractivity contribution in [3.63, 3.8) is 0 Å². The third kappa shape index (κ3) is 6.03. The average Bonchev–Trinajstić information content (AvgIpc) is 3.05. The van der Waals surface area contributed by atoms with E-state index in [4.69, 9.17) is 4.74 Å². The zero-order valence-electron chi connectivity index (χ0n) is 14.0. The van der Waals surface area contributed by atoms with Gasteiger partial charge in [0, 0.05) is 18.5 Å². The molecule has 0 bridgehead atoms. The molecule has 0 aliphatic rings. The molecule has 1 aromatic heterocycles. The summed E-state index contributed by atoms with van der Waals surface area (Å²) in [6.07, 6.45) is 1.51. The van der Waals surface area contributed by atoms with Gasteiger partial charge in [-0.3, -0.25) is 0 Å². The van der Waals surface area contributed by atoms with Crippen molar-refractivity contribution in [2.45, 2.75) is 33.6 Å². The number of esters is 1. The van der Waals surface area contributed by atoms with Crippen LogP contribution in [-0.2, 0) is 4.74 Å². The number of anilines is 1. The lowest BCUT2D eigenvalue weighted by atomic mass is 10.5. The lowest BCUT2D eigenvalue weighted by Gasteiger charge is -2.21. The molecule has 3 N–H and O–H groups in total. The SMILES string of the molecule is CCCNC(=O)NN(C(=O)NCCC)c1nc(C(=O)OCC)cs1. The summed E-state index contributed by atoms with van der Waals surface area (Å²) in [4.78, 5) is 39.8. The second-order valence-corrected chi connectivity index (χ2v) is 5.51. The molecule has 0 saturated heterocycles. The number of amides is 4. The number of hydrogen-bond donors (Lipinski definition) is 3. The molecule has 0 aliphatic carbocycles. The largest absolute Gasteiger partial charge is 0.461 e. The number of carbonyl (C=O) groups excluding carboxylic acids is 3. The Kier molecular flexibility index (Phi) is 8.55. The van der Waals surface area contributed by atoms with Crippen LogP contribution in [0.15, 0.2) is 5.38 Å². The maximum atomic E-state index is 12.2. The summed E-state index contributed by atoms with van der Waals surface area (Å²) in [7, 11) is 0. The van der Waals surface area contributed by atoms with Crippen LogP contribution in [0.25, 0.3) is 0 Å². The molecule has 0 fully saturated rings. The normalized spacial score (nSPS) is 9.96. The van der Waals surface area contributed by atoms with E-state index in [0.29, 0.717) is 13.1 Å². The number of hydrogen-bond acceptors (Lipinski definition) is 6. The average molecular weight is 357 g/mol. The fourth-order valence-corrected chi connectivity index (χ4v) is 2.29. The van der Waals surface area contributed by atoms with Gasteiger partial charge in [-0.05, 0) is 19.8 Å². The van der Waals surface area contributed by atoms with Crippen LogP contribution in [0.4, 0.5) is 14.7 Å². The van der Waals surface area contributed by atoms with E-state index in [9.17, 15) is 14.4 Å². The van der Waals surface area contributed by atoms with Gasteiger partial charge in [0.1, 0.15) is 0 Å². The molecule has 4 amide bonds. The first-order chi connectivity index (χ1) is 11.5. The molecule has 1 heterocycles. The predicted molar refractivity (Wildman–Crippen MR) is 91.1 cm³/mol. The Balaban J connectivity index is 2.89. The van der Waals surface area contributed by atoms with Gasteiger partial charge in [-0.1, -0.05) is 13.8 Å². The molecule has 0 aromatic carbocycles. The smallest absolute Gasteiger partial charge is 0.357 e. The van der Waals surface area contributed by atoms with E-state index in [1.165, 1.54) is 5.38 Å². The minimum absolute atomic E-state index is 0.0842. The highest BCUT2D eigenvalue weighted by Gasteiger charge is 2.23. The maximum absolute atomic E-state index is 12.2. The Bertz CT molecular complexity index is 563. The molecule has 0 saturated carbocycles. The van der Waals surface area contributed by atoms with Gasteiger partial charge in [-0.25, -0.2) is 24.8 Å².